The molecule has 0 aliphatic heterocycles. The molecule has 1 atom stereocenters. The summed E-state index contributed by atoms with van der Waals surface area (Å²) in [5, 5.41) is 4.35. The minimum absolute atomic E-state index is 0.229. The molecule has 0 unspecified atom stereocenters. The summed E-state index contributed by atoms with van der Waals surface area (Å²) in [7, 11) is 1.67. The van der Waals surface area contributed by atoms with Gasteiger partial charge in [0.2, 0.25) is 0 Å². The van der Waals surface area contributed by atoms with E-state index in [0.717, 1.165) is 35.7 Å². The van der Waals surface area contributed by atoms with Crippen LogP contribution in [-0.2, 0) is 0 Å². The van der Waals surface area contributed by atoms with E-state index in [1.165, 1.54) is 5.56 Å². The van der Waals surface area contributed by atoms with Gasteiger partial charge in [0.1, 0.15) is 5.75 Å². The van der Waals surface area contributed by atoms with Gasteiger partial charge in [-0.15, -0.1) is 6.58 Å². The number of benzene rings is 2. The molecule has 0 radical (unpaired) electrons. The molecule has 2 aromatic carbocycles. The summed E-state index contributed by atoms with van der Waals surface area (Å²) in [6, 6.07) is 16.2. The van der Waals surface area contributed by atoms with Crippen molar-refractivity contribution < 1.29 is 4.74 Å². The van der Waals surface area contributed by atoms with E-state index in [1.54, 1.807) is 7.11 Å². The topological polar surface area (TPSA) is 21.3 Å². The van der Waals surface area contributed by atoms with Crippen molar-refractivity contribution >= 4 is 17.3 Å². The van der Waals surface area contributed by atoms with E-state index in [4.69, 9.17) is 16.3 Å². The number of hydrogen-bond acceptors (Lipinski definition) is 2. The molecule has 0 aromatic heterocycles. The quantitative estimate of drug-likeness (QED) is 0.486. The van der Waals surface area contributed by atoms with Crippen molar-refractivity contribution in [2.45, 2.75) is 25.3 Å². The fourth-order valence-corrected chi connectivity index (χ4v) is 2.60. The first-order chi connectivity index (χ1) is 10.7. The maximum Gasteiger partial charge on any atom is 0.119 e. The highest BCUT2D eigenvalue weighted by molar-refractivity contribution is 6.30. The molecular formula is C19H22ClNO. The van der Waals surface area contributed by atoms with Crippen LogP contribution in [0.5, 0.6) is 5.75 Å². The van der Waals surface area contributed by atoms with Gasteiger partial charge in [0.15, 0.2) is 0 Å². The average molecular weight is 316 g/mol. The number of hydrogen-bond donors (Lipinski definition) is 1. The summed E-state index contributed by atoms with van der Waals surface area (Å²) >= 11 is 6.13. The molecule has 0 saturated heterocycles. The summed E-state index contributed by atoms with van der Waals surface area (Å²) in [5.41, 5.74) is 2.27. The summed E-state index contributed by atoms with van der Waals surface area (Å²) in [5.74, 6) is 0.858. The lowest BCUT2D eigenvalue weighted by molar-refractivity contribution is 0.415. The molecule has 0 amide bonds. The van der Waals surface area contributed by atoms with Crippen molar-refractivity contribution in [3.05, 3.63) is 71.8 Å². The smallest absolute Gasteiger partial charge is 0.119 e. The third-order valence-electron chi connectivity index (χ3n) is 3.58. The Kier molecular flexibility index (Phi) is 6.35. The minimum atomic E-state index is 0.229. The molecule has 116 valence electrons. The molecule has 0 heterocycles. The van der Waals surface area contributed by atoms with Crippen molar-refractivity contribution in [1.29, 1.82) is 0 Å². The minimum Gasteiger partial charge on any atom is -0.497 e. The van der Waals surface area contributed by atoms with E-state index in [-0.39, 0.29) is 6.04 Å². The van der Waals surface area contributed by atoms with Gasteiger partial charge in [-0.25, -0.2) is 0 Å². The van der Waals surface area contributed by atoms with Gasteiger partial charge >= 0.3 is 0 Å². The largest absolute Gasteiger partial charge is 0.497 e. The Morgan fingerprint density at radius 1 is 1.23 bits per heavy atom. The van der Waals surface area contributed by atoms with Crippen molar-refractivity contribution in [2.75, 3.05) is 12.4 Å². The molecule has 2 aromatic rings. The lowest BCUT2D eigenvalue weighted by atomic mass is 10.0. The third-order valence-corrected chi connectivity index (χ3v) is 3.82. The van der Waals surface area contributed by atoms with Crippen molar-refractivity contribution in [3.8, 4) is 5.75 Å². The second-order valence-corrected chi connectivity index (χ2v) is 5.64. The van der Waals surface area contributed by atoms with Crippen LogP contribution in [0.4, 0.5) is 5.69 Å². The van der Waals surface area contributed by atoms with E-state index in [1.807, 2.05) is 48.5 Å². The molecule has 0 aliphatic rings. The molecule has 0 bridgehead atoms. The Labute approximate surface area is 137 Å². The number of rotatable bonds is 8. The Morgan fingerprint density at radius 2 is 2.00 bits per heavy atom. The molecule has 0 spiro atoms. The third kappa shape index (κ3) is 4.81. The lowest BCUT2D eigenvalue weighted by Crippen LogP contribution is -2.10. The molecule has 0 saturated carbocycles. The molecule has 0 aliphatic carbocycles. The Hall–Kier alpha value is -1.93. The summed E-state index contributed by atoms with van der Waals surface area (Å²) in [4.78, 5) is 0. The molecule has 2 nitrogen and oxygen atoms in total. The van der Waals surface area contributed by atoms with E-state index in [2.05, 4.69) is 18.0 Å². The maximum absolute atomic E-state index is 6.13. The van der Waals surface area contributed by atoms with Crippen LogP contribution in [0.2, 0.25) is 5.02 Å². The van der Waals surface area contributed by atoms with Gasteiger partial charge < -0.3 is 10.1 Å². The summed E-state index contributed by atoms with van der Waals surface area (Å²) in [6.07, 6.45) is 5.09. The average Bonchev–Trinajstić information content (AvgIpc) is 2.55. The number of ether oxygens (including phenoxy) is 1. The molecule has 2 rings (SSSR count). The Morgan fingerprint density at radius 3 is 2.64 bits per heavy atom. The summed E-state index contributed by atoms with van der Waals surface area (Å²) in [6.45, 7) is 3.79. The van der Waals surface area contributed by atoms with E-state index < -0.39 is 0 Å². The zero-order chi connectivity index (χ0) is 15.8. The first-order valence-electron chi connectivity index (χ1n) is 7.50. The fraction of sp³-hybridized carbons (Fsp3) is 0.263. The second-order valence-electron chi connectivity index (χ2n) is 5.20. The fourth-order valence-electron chi connectivity index (χ4n) is 2.40. The molecule has 1 N–H and O–H groups in total. The summed E-state index contributed by atoms with van der Waals surface area (Å²) < 4.78 is 5.20. The van der Waals surface area contributed by atoms with Crippen LogP contribution in [-0.4, -0.2) is 7.11 Å². The highest BCUT2D eigenvalue weighted by atomic mass is 35.5. The number of unbranched alkanes of at least 4 members (excludes halogenated alkanes) is 1. The number of nitrogens with one attached hydrogen (secondary N) is 1. The van der Waals surface area contributed by atoms with Gasteiger partial charge in [0.05, 0.1) is 13.2 Å². The first-order valence-corrected chi connectivity index (χ1v) is 7.87. The maximum atomic E-state index is 6.13. The van der Waals surface area contributed by atoms with Crippen LogP contribution in [0.1, 0.15) is 30.9 Å². The SMILES string of the molecule is C=CCCC[C@H](Nc1ccc(OC)cc1)c1cccc(Cl)c1. The zero-order valence-corrected chi connectivity index (χ0v) is 13.6. The van der Waals surface area contributed by atoms with Crippen LogP contribution < -0.4 is 10.1 Å². The van der Waals surface area contributed by atoms with E-state index in [0.29, 0.717) is 0 Å². The Balaban J connectivity index is 2.13. The number of allylic oxidation sites excluding steroid dienone is 1. The number of anilines is 1. The van der Waals surface area contributed by atoms with Gasteiger partial charge in [-0.2, -0.15) is 0 Å². The van der Waals surface area contributed by atoms with Crippen LogP contribution in [0.25, 0.3) is 0 Å². The Bertz CT molecular complexity index is 595. The molecule has 0 fully saturated rings. The van der Waals surface area contributed by atoms with Crippen molar-refractivity contribution in [1.82, 2.24) is 0 Å². The number of methoxy groups -OCH3 is 1. The standard InChI is InChI=1S/C19H22ClNO/c1-3-4-5-9-19(15-7-6-8-16(20)14-15)21-17-10-12-18(22-2)13-11-17/h3,6-8,10-14,19,21H,1,4-5,9H2,2H3/t19-/m0/s1. The molecule has 22 heavy (non-hydrogen) atoms. The van der Waals surface area contributed by atoms with Gasteiger partial charge in [0, 0.05) is 10.7 Å². The van der Waals surface area contributed by atoms with Crippen LogP contribution in [0.15, 0.2) is 61.2 Å². The van der Waals surface area contributed by atoms with Gasteiger partial charge in [-0.3, -0.25) is 0 Å². The van der Waals surface area contributed by atoms with Crippen molar-refractivity contribution in [3.63, 3.8) is 0 Å². The monoisotopic (exact) mass is 315 g/mol. The zero-order valence-electron chi connectivity index (χ0n) is 12.9. The van der Waals surface area contributed by atoms with Crippen LogP contribution in [0.3, 0.4) is 0 Å². The van der Waals surface area contributed by atoms with Crippen LogP contribution >= 0.6 is 11.6 Å². The van der Waals surface area contributed by atoms with Gasteiger partial charge in [0.25, 0.3) is 0 Å². The van der Waals surface area contributed by atoms with Gasteiger partial charge in [-0.05, 0) is 61.2 Å². The predicted molar refractivity (Wildman–Crippen MR) is 94.9 cm³/mol. The number of halogens is 1. The first kappa shape index (κ1) is 16.4. The van der Waals surface area contributed by atoms with Crippen molar-refractivity contribution in [2.24, 2.45) is 0 Å². The highest BCUT2D eigenvalue weighted by Gasteiger charge is 2.11. The van der Waals surface area contributed by atoms with Gasteiger partial charge in [-0.1, -0.05) is 29.8 Å². The molecular weight excluding hydrogens is 294 g/mol. The normalized spacial score (nSPS) is 11.7. The second kappa shape index (κ2) is 8.50. The van der Waals surface area contributed by atoms with E-state index >= 15 is 0 Å². The highest BCUT2D eigenvalue weighted by Crippen LogP contribution is 2.27. The lowest BCUT2D eigenvalue weighted by Gasteiger charge is -2.21. The van der Waals surface area contributed by atoms with Crippen LogP contribution in [0, 0.1) is 0 Å². The molecule has 3 heteroatoms. The van der Waals surface area contributed by atoms with E-state index in [9.17, 15) is 0 Å². The predicted octanol–water partition coefficient (Wildman–Crippen LogP) is 5.86.